The minimum atomic E-state index is -0.602. The molecule has 0 atom stereocenters. The third-order valence-corrected chi connectivity index (χ3v) is 4.34. The maximum atomic E-state index is 13.6. The highest BCUT2D eigenvalue weighted by Gasteiger charge is 2.24. The molecule has 144 valence electrons. The van der Waals surface area contributed by atoms with Crippen molar-refractivity contribution >= 4 is 11.6 Å². The molecule has 29 heavy (non-hydrogen) atoms. The number of benzene rings is 3. The van der Waals surface area contributed by atoms with Crippen molar-refractivity contribution in [3.8, 4) is 6.07 Å². The van der Waals surface area contributed by atoms with Gasteiger partial charge in [0.1, 0.15) is 11.4 Å². The molecule has 0 aliphatic carbocycles. The second kappa shape index (κ2) is 8.76. The minimum absolute atomic E-state index is 0.0393. The minimum Gasteiger partial charge on any atom is -0.330 e. The number of halogens is 1. The molecular formula is C22H16FN3O3. The van der Waals surface area contributed by atoms with Gasteiger partial charge in [-0.2, -0.15) is 5.26 Å². The van der Waals surface area contributed by atoms with Gasteiger partial charge in [0.15, 0.2) is 0 Å². The molecule has 3 aromatic carbocycles. The molecule has 0 saturated heterocycles. The molecule has 0 aliphatic rings. The normalized spacial score (nSPS) is 10.2. The van der Waals surface area contributed by atoms with Crippen molar-refractivity contribution in [2.24, 2.45) is 0 Å². The number of hydrogen-bond donors (Lipinski definition) is 0. The molecule has 0 aromatic heterocycles. The second-order valence-electron chi connectivity index (χ2n) is 6.37. The van der Waals surface area contributed by atoms with Crippen molar-refractivity contribution in [1.29, 1.82) is 5.26 Å². The van der Waals surface area contributed by atoms with Gasteiger partial charge in [-0.15, -0.1) is 0 Å². The molecule has 1 amide bonds. The van der Waals surface area contributed by atoms with Crippen LogP contribution < -0.4 is 0 Å². The summed E-state index contributed by atoms with van der Waals surface area (Å²) in [6, 6.07) is 20.3. The van der Waals surface area contributed by atoms with E-state index in [1.807, 2.05) is 6.07 Å². The van der Waals surface area contributed by atoms with E-state index < -0.39 is 16.6 Å². The molecule has 3 aromatic rings. The number of carbonyl (C=O) groups is 1. The lowest BCUT2D eigenvalue weighted by Gasteiger charge is -2.23. The maximum absolute atomic E-state index is 13.6. The molecule has 0 heterocycles. The number of rotatable bonds is 6. The van der Waals surface area contributed by atoms with Crippen LogP contribution in [0.4, 0.5) is 10.1 Å². The second-order valence-corrected chi connectivity index (χ2v) is 6.37. The van der Waals surface area contributed by atoms with Gasteiger partial charge < -0.3 is 4.90 Å². The average molecular weight is 389 g/mol. The lowest BCUT2D eigenvalue weighted by atomic mass is 10.1. The van der Waals surface area contributed by atoms with E-state index in [4.69, 9.17) is 5.26 Å². The molecule has 0 N–H and O–H groups in total. The Morgan fingerprint density at radius 1 is 1.00 bits per heavy atom. The van der Waals surface area contributed by atoms with Gasteiger partial charge in [0, 0.05) is 19.2 Å². The van der Waals surface area contributed by atoms with Crippen LogP contribution in [0.1, 0.15) is 27.0 Å². The Kier molecular flexibility index (Phi) is 5.95. The molecule has 0 spiro atoms. The third-order valence-electron chi connectivity index (χ3n) is 4.34. The van der Waals surface area contributed by atoms with Crippen molar-refractivity contribution in [2.75, 3.05) is 0 Å². The Morgan fingerprint density at radius 2 is 1.69 bits per heavy atom. The molecular weight excluding hydrogens is 373 g/mol. The number of nitro benzene ring substituents is 1. The topological polar surface area (TPSA) is 87.2 Å². The molecule has 0 radical (unpaired) electrons. The predicted octanol–water partition coefficient (Wildman–Crippen LogP) is 4.45. The van der Waals surface area contributed by atoms with Crippen LogP contribution in [-0.2, 0) is 13.1 Å². The summed E-state index contributed by atoms with van der Waals surface area (Å²) in [7, 11) is 0. The first-order chi connectivity index (χ1) is 14.0. The van der Waals surface area contributed by atoms with E-state index in [1.54, 1.807) is 42.5 Å². The van der Waals surface area contributed by atoms with Crippen LogP contribution >= 0.6 is 0 Å². The smallest absolute Gasteiger partial charge is 0.282 e. The number of para-hydroxylation sites is 1. The summed E-state index contributed by atoms with van der Waals surface area (Å²) >= 11 is 0. The Bertz CT molecular complexity index is 1090. The standard InChI is InChI=1S/C22H16FN3O3/c23-19-5-3-4-18(12-19)15-25(14-17-10-8-16(13-24)9-11-17)22(27)20-6-1-2-7-21(20)26(28)29/h1-12H,14-15H2. The summed E-state index contributed by atoms with van der Waals surface area (Å²) in [5.41, 5.74) is 1.46. The molecule has 0 unspecified atom stereocenters. The van der Waals surface area contributed by atoms with Crippen LogP contribution in [0.25, 0.3) is 0 Å². The monoisotopic (exact) mass is 389 g/mol. The Labute approximate surface area is 166 Å². The first-order valence-electron chi connectivity index (χ1n) is 8.74. The zero-order valence-corrected chi connectivity index (χ0v) is 15.3. The van der Waals surface area contributed by atoms with E-state index in [1.165, 1.54) is 35.2 Å². The van der Waals surface area contributed by atoms with Crippen LogP contribution in [0.5, 0.6) is 0 Å². The SMILES string of the molecule is N#Cc1ccc(CN(Cc2cccc(F)c2)C(=O)c2ccccc2[N+](=O)[O-])cc1. The highest BCUT2D eigenvalue weighted by Crippen LogP contribution is 2.22. The predicted molar refractivity (Wildman–Crippen MR) is 104 cm³/mol. The first-order valence-corrected chi connectivity index (χ1v) is 8.74. The maximum Gasteiger partial charge on any atom is 0.282 e. The summed E-state index contributed by atoms with van der Waals surface area (Å²) in [5, 5.41) is 20.3. The fourth-order valence-electron chi connectivity index (χ4n) is 2.94. The zero-order valence-electron chi connectivity index (χ0n) is 15.3. The van der Waals surface area contributed by atoms with Gasteiger partial charge in [0.05, 0.1) is 16.6 Å². The van der Waals surface area contributed by atoms with Crippen LogP contribution in [0.3, 0.4) is 0 Å². The lowest BCUT2D eigenvalue weighted by Crippen LogP contribution is -2.30. The fourth-order valence-corrected chi connectivity index (χ4v) is 2.94. The van der Waals surface area contributed by atoms with E-state index in [9.17, 15) is 19.3 Å². The largest absolute Gasteiger partial charge is 0.330 e. The number of nitrogens with zero attached hydrogens (tertiary/aromatic N) is 3. The Hall–Kier alpha value is -4.05. The molecule has 6 nitrogen and oxygen atoms in total. The number of hydrogen-bond acceptors (Lipinski definition) is 4. The van der Waals surface area contributed by atoms with Crippen LogP contribution in [0.2, 0.25) is 0 Å². The highest BCUT2D eigenvalue weighted by atomic mass is 19.1. The number of nitriles is 1. The van der Waals surface area contributed by atoms with Crippen molar-refractivity contribution in [1.82, 2.24) is 4.90 Å². The van der Waals surface area contributed by atoms with E-state index in [2.05, 4.69) is 0 Å². The van der Waals surface area contributed by atoms with Gasteiger partial charge in [-0.25, -0.2) is 4.39 Å². The average Bonchev–Trinajstić information content (AvgIpc) is 2.73. The summed E-state index contributed by atoms with van der Waals surface area (Å²) < 4.78 is 13.6. The van der Waals surface area contributed by atoms with Gasteiger partial charge in [0.25, 0.3) is 11.6 Å². The van der Waals surface area contributed by atoms with Gasteiger partial charge in [0.2, 0.25) is 0 Å². The Morgan fingerprint density at radius 3 is 2.34 bits per heavy atom. The summed E-state index contributed by atoms with van der Waals surface area (Å²) in [5.74, 6) is -0.968. The lowest BCUT2D eigenvalue weighted by molar-refractivity contribution is -0.385. The van der Waals surface area contributed by atoms with Crippen LogP contribution in [0.15, 0.2) is 72.8 Å². The fraction of sp³-hybridized carbons (Fsp3) is 0.0909. The molecule has 3 rings (SSSR count). The number of carbonyl (C=O) groups excluding carboxylic acids is 1. The van der Waals surface area contributed by atoms with Gasteiger partial charge in [-0.1, -0.05) is 36.4 Å². The van der Waals surface area contributed by atoms with Gasteiger partial charge in [-0.05, 0) is 41.5 Å². The highest BCUT2D eigenvalue weighted by molar-refractivity contribution is 5.98. The summed E-state index contributed by atoms with van der Waals surface area (Å²) in [4.78, 5) is 25.3. The van der Waals surface area contributed by atoms with Crippen molar-refractivity contribution in [3.05, 3.63) is 111 Å². The van der Waals surface area contributed by atoms with Crippen molar-refractivity contribution < 1.29 is 14.1 Å². The van der Waals surface area contributed by atoms with E-state index in [0.29, 0.717) is 11.1 Å². The van der Waals surface area contributed by atoms with Crippen LogP contribution in [0, 0.1) is 27.3 Å². The molecule has 0 aliphatic heterocycles. The van der Waals surface area contributed by atoms with E-state index in [-0.39, 0.29) is 24.3 Å². The van der Waals surface area contributed by atoms with E-state index in [0.717, 1.165) is 5.56 Å². The van der Waals surface area contributed by atoms with Gasteiger partial charge >= 0.3 is 0 Å². The summed E-state index contributed by atoms with van der Waals surface area (Å²) in [6.07, 6.45) is 0. The van der Waals surface area contributed by atoms with Gasteiger partial charge in [-0.3, -0.25) is 14.9 Å². The van der Waals surface area contributed by atoms with E-state index >= 15 is 0 Å². The third kappa shape index (κ3) is 4.82. The molecule has 7 heteroatoms. The summed E-state index contributed by atoms with van der Waals surface area (Å²) in [6.45, 7) is 0.218. The quantitative estimate of drug-likeness (QED) is 0.460. The van der Waals surface area contributed by atoms with Crippen molar-refractivity contribution in [2.45, 2.75) is 13.1 Å². The molecule has 0 fully saturated rings. The molecule has 0 saturated carbocycles. The van der Waals surface area contributed by atoms with Crippen molar-refractivity contribution in [3.63, 3.8) is 0 Å². The number of amides is 1. The Balaban J connectivity index is 1.96. The first kappa shape index (κ1) is 19.7. The van der Waals surface area contributed by atoms with Crippen LogP contribution in [-0.4, -0.2) is 15.7 Å². The number of nitro groups is 1. The zero-order chi connectivity index (χ0) is 20.8. The molecule has 0 bridgehead atoms.